The zero-order chi connectivity index (χ0) is 24.7. The summed E-state index contributed by atoms with van der Waals surface area (Å²) in [5, 5.41) is 0.107. The lowest BCUT2D eigenvalue weighted by Crippen LogP contribution is -2.38. The molecule has 4 rings (SSSR count). The number of alkyl halides is 5. The van der Waals surface area contributed by atoms with E-state index in [2.05, 4.69) is 4.74 Å². The summed E-state index contributed by atoms with van der Waals surface area (Å²) >= 11 is 6.01. The van der Waals surface area contributed by atoms with Crippen LogP contribution >= 0.6 is 11.6 Å². The minimum Gasteiger partial charge on any atom is -0.489 e. The topological polar surface area (TPSA) is 55.8 Å². The fourth-order valence-corrected chi connectivity index (χ4v) is 5.21. The number of ether oxygens (including phenoxy) is 2. The molecule has 0 amide bonds. The average molecular weight is 520 g/mol. The van der Waals surface area contributed by atoms with E-state index in [1.165, 1.54) is 30.3 Å². The fraction of sp³-hybridized carbons (Fsp3) is 0.182. The van der Waals surface area contributed by atoms with Crippen molar-refractivity contribution in [1.82, 2.24) is 0 Å². The molecule has 0 aliphatic carbocycles. The summed E-state index contributed by atoms with van der Waals surface area (Å²) in [6, 6.07) is 11.9. The highest BCUT2D eigenvalue weighted by Gasteiger charge is 2.35. The first-order valence-corrected chi connectivity index (χ1v) is 11.5. The first-order chi connectivity index (χ1) is 15.9. The maximum atomic E-state index is 13.3. The summed E-state index contributed by atoms with van der Waals surface area (Å²) < 4.78 is 102. The van der Waals surface area contributed by atoms with Gasteiger partial charge in [-0.1, -0.05) is 23.7 Å². The first-order valence-electron chi connectivity index (χ1n) is 9.68. The van der Waals surface area contributed by atoms with Crippen LogP contribution in [0.4, 0.5) is 27.6 Å². The Kier molecular flexibility index (Phi) is 6.34. The number of sulfonamides is 1. The molecular formula is C22H15ClF5NO4S. The van der Waals surface area contributed by atoms with Crippen LogP contribution in [-0.2, 0) is 16.2 Å². The number of anilines is 1. The van der Waals surface area contributed by atoms with Crippen molar-refractivity contribution in [1.29, 1.82) is 0 Å². The molecule has 1 aliphatic rings. The Morgan fingerprint density at radius 2 is 1.76 bits per heavy atom. The van der Waals surface area contributed by atoms with Gasteiger partial charge in [0.2, 0.25) is 0 Å². The van der Waals surface area contributed by atoms with Gasteiger partial charge in [-0.25, -0.2) is 8.42 Å². The monoisotopic (exact) mass is 519 g/mol. The number of fused-ring (bicyclic) bond motifs is 1. The van der Waals surface area contributed by atoms with E-state index in [0.29, 0.717) is 17.2 Å². The Bertz CT molecular complexity index is 1330. The van der Waals surface area contributed by atoms with E-state index >= 15 is 0 Å². The minimum absolute atomic E-state index is 0.0198. The van der Waals surface area contributed by atoms with Gasteiger partial charge in [0.15, 0.2) is 0 Å². The van der Waals surface area contributed by atoms with Crippen LogP contribution in [0.1, 0.15) is 5.56 Å². The number of hydrogen-bond acceptors (Lipinski definition) is 4. The van der Waals surface area contributed by atoms with Gasteiger partial charge in [0.25, 0.3) is 10.0 Å². The number of hydrogen-bond donors (Lipinski definition) is 0. The number of benzene rings is 3. The quantitative estimate of drug-likeness (QED) is 0.376. The summed E-state index contributed by atoms with van der Waals surface area (Å²) in [4.78, 5) is -0.532. The molecule has 180 valence electrons. The molecule has 0 fully saturated rings. The van der Waals surface area contributed by atoms with Gasteiger partial charge in [0.05, 0.1) is 22.7 Å². The van der Waals surface area contributed by atoms with E-state index in [1.807, 2.05) is 0 Å². The number of nitrogens with zero attached hydrogens (tertiary/aromatic N) is 1. The lowest BCUT2D eigenvalue weighted by atomic mass is 10.0. The van der Waals surface area contributed by atoms with Crippen molar-refractivity contribution in [3.05, 3.63) is 71.2 Å². The molecule has 0 N–H and O–H groups in total. The molecule has 1 heterocycles. The molecule has 0 aromatic heterocycles. The van der Waals surface area contributed by atoms with Crippen molar-refractivity contribution in [2.24, 2.45) is 0 Å². The number of rotatable bonds is 5. The third-order valence-electron chi connectivity index (χ3n) is 4.96. The molecule has 1 aliphatic heterocycles. The van der Waals surface area contributed by atoms with E-state index in [0.717, 1.165) is 22.5 Å². The average Bonchev–Trinajstić information content (AvgIpc) is 2.77. The summed E-state index contributed by atoms with van der Waals surface area (Å²) in [6.45, 7) is -3.24. The second-order valence-corrected chi connectivity index (χ2v) is 9.49. The molecule has 3 aromatic carbocycles. The molecular weight excluding hydrogens is 505 g/mol. The van der Waals surface area contributed by atoms with Crippen LogP contribution < -0.4 is 13.8 Å². The largest absolute Gasteiger partial charge is 0.489 e. The van der Waals surface area contributed by atoms with Gasteiger partial charge in [-0.2, -0.15) is 22.0 Å². The van der Waals surface area contributed by atoms with Crippen LogP contribution in [0.5, 0.6) is 11.5 Å². The summed E-state index contributed by atoms with van der Waals surface area (Å²) in [6.07, 6.45) is -4.72. The minimum atomic E-state index is -4.72. The molecule has 12 heteroatoms. The third kappa shape index (κ3) is 4.90. The van der Waals surface area contributed by atoms with Gasteiger partial charge in [0.1, 0.15) is 18.1 Å². The summed E-state index contributed by atoms with van der Waals surface area (Å²) in [5.41, 5.74) is -0.262. The van der Waals surface area contributed by atoms with Gasteiger partial charge in [0, 0.05) is 5.02 Å². The lowest BCUT2D eigenvalue weighted by molar-refractivity contribution is -0.137. The molecule has 0 unspecified atom stereocenters. The Morgan fingerprint density at radius 3 is 2.47 bits per heavy atom. The van der Waals surface area contributed by atoms with E-state index in [1.54, 1.807) is 6.07 Å². The summed E-state index contributed by atoms with van der Waals surface area (Å²) in [5.74, 6) is -0.00320. The second-order valence-electron chi connectivity index (χ2n) is 7.19. The van der Waals surface area contributed by atoms with E-state index in [4.69, 9.17) is 16.3 Å². The van der Waals surface area contributed by atoms with Gasteiger partial charge >= 0.3 is 12.8 Å². The molecule has 0 saturated carbocycles. The van der Waals surface area contributed by atoms with Crippen LogP contribution in [0.15, 0.2) is 65.6 Å². The van der Waals surface area contributed by atoms with Gasteiger partial charge < -0.3 is 9.47 Å². The van der Waals surface area contributed by atoms with Crippen molar-refractivity contribution in [2.75, 3.05) is 17.5 Å². The Balaban J connectivity index is 1.77. The highest BCUT2D eigenvalue weighted by molar-refractivity contribution is 7.92. The highest BCUT2D eigenvalue weighted by Crippen LogP contribution is 2.40. The molecule has 0 radical (unpaired) electrons. The first kappa shape index (κ1) is 24.1. The second kappa shape index (κ2) is 8.95. The van der Waals surface area contributed by atoms with Crippen LogP contribution in [0.3, 0.4) is 0 Å². The standard InChI is InChI=1S/C22H15ClF5NO4S/c23-16-8-14(9-17(12-16)33-21(24)25)13-4-5-20-19(10-13)29(6-7-32-20)34(30,31)18-3-1-2-15(11-18)22(26,27)28/h1-5,8-12,21H,6-7H2. The Hall–Kier alpha value is -3.05. The molecule has 0 atom stereocenters. The van der Waals surface area contributed by atoms with Crippen molar-refractivity contribution in [3.8, 4) is 22.6 Å². The van der Waals surface area contributed by atoms with Crippen LogP contribution in [0.2, 0.25) is 5.02 Å². The maximum absolute atomic E-state index is 13.3. The molecule has 3 aromatic rings. The smallest absolute Gasteiger partial charge is 0.416 e. The van der Waals surface area contributed by atoms with Crippen LogP contribution in [-0.4, -0.2) is 28.2 Å². The number of halogens is 6. The van der Waals surface area contributed by atoms with Crippen molar-refractivity contribution < 1.29 is 39.8 Å². The Labute approximate surface area is 196 Å². The molecule has 0 spiro atoms. The van der Waals surface area contributed by atoms with E-state index in [9.17, 15) is 30.4 Å². The Morgan fingerprint density at radius 1 is 1.00 bits per heavy atom. The van der Waals surface area contributed by atoms with Crippen molar-refractivity contribution in [3.63, 3.8) is 0 Å². The van der Waals surface area contributed by atoms with Crippen molar-refractivity contribution >= 4 is 27.3 Å². The zero-order valence-electron chi connectivity index (χ0n) is 17.0. The van der Waals surface area contributed by atoms with Gasteiger partial charge in [-0.05, 0) is 59.7 Å². The van der Waals surface area contributed by atoms with Gasteiger partial charge in [-0.15, -0.1) is 0 Å². The van der Waals surface area contributed by atoms with E-state index < -0.39 is 33.3 Å². The summed E-state index contributed by atoms with van der Waals surface area (Å²) in [7, 11) is -4.39. The highest BCUT2D eigenvalue weighted by atomic mass is 35.5. The van der Waals surface area contributed by atoms with Crippen LogP contribution in [0, 0.1) is 0 Å². The molecule has 0 saturated heterocycles. The third-order valence-corrected chi connectivity index (χ3v) is 6.99. The SMILES string of the molecule is O=S(=O)(c1cccc(C(F)(F)F)c1)N1CCOc2ccc(-c3cc(Cl)cc(OC(F)F)c3)cc21. The maximum Gasteiger partial charge on any atom is 0.416 e. The lowest BCUT2D eigenvalue weighted by Gasteiger charge is -2.31. The van der Waals surface area contributed by atoms with Crippen molar-refractivity contribution in [2.45, 2.75) is 17.7 Å². The van der Waals surface area contributed by atoms with E-state index in [-0.39, 0.29) is 35.4 Å². The molecule has 0 bridgehead atoms. The predicted molar refractivity (Wildman–Crippen MR) is 115 cm³/mol. The molecule has 5 nitrogen and oxygen atoms in total. The van der Waals surface area contributed by atoms with Crippen LogP contribution in [0.25, 0.3) is 11.1 Å². The predicted octanol–water partition coefficient (Wildman–Crippen LogP) is 6.21. The molecule has 34 heavy (non-hydrogen) atoms. The van der Waals surface area contributed by atoms with Gasteiger partial charge in [-0.3, -0.25) is 4.31 Å². The fourth-order valence-electron chi connectivity index (χ4n) is 3.48. The zero-order valence-corrected chi connectivity index (χ0v) is 18.6. The normalized spacial score (nSPS) is 14.0.